The first-order valence-electron chi connectivity index (χ1n) is 7.01. The zero-order chi connectivity index (χ0) is 15.2. The molecule has 0 bridgehead atoms. The lowest BCUT2D eigenvalue weighted by Crippen LogP contribution is -2.20. The zero-order valence-electron chi connectivity index (χ0n) is 12.2. The number of rotatable bonds is 6. The molecule has 0 heterocycles. The summed E-state index contributed by atoms with van der Waals surface area (Å²) in [5, 5.41) is 2.96. The number of benzene rings is 2. The van der Waals surface area contributed by atoms with Crippen molar-refractivity contribution in [1.82, 2.24) is 5.32 Å². The number of hydrogen-bond acceptors (Lipinski definition) is 2. The average molecular weight is 291 g/mol. The minimum absolute atomic E-state index is 0.0298. The third kappa shape index (κ3) is 3.58. The van der Waals surface area contributed by atoms with E-state index in [2.05, 4.69) is 5.32 Å². The van der Waals surface area contributed by atoms with Gasteiger partial charge in [0.1, 0.15) is 17.4 Å². The molecular formula is C17H19F2NO. The fourth-order valence-corrected chi connectivity index (χ4v) is 2.24. The van der Waals surface area contributed by atoms with Crippen LogP contribution in [0, 0.1) is 11.6 Å². The molecule has 1 N–H and O–H groups in total. The summed E-state index contributed by atoms with van der Waals surface area (Å²) in [5.74, 6) is -0.356. The van der Waals surface area contributed by atoms with Gasteiger partial charge in [0.15, 0.2) is 0 Å². The molecule has 2 rings (SSSR count). The Kier molecular flexibility index (Phi) is 5.28. The Hall–Kier alpha value is -1.94. The van der Waals surface area contributed by atoms with Crippen molar-refractivity contribution in [2.45, 2.75) is 19.4 Å². The lowest BCUT2D eigenvalue weighted by atomic mass is 9.98. The number of halogens is 2. The molecular weight excluding hydrogens is 272 g/mol. The third-order valence-corrected chi connectivity index (χ3v) is 3.26. The molecule has 2 aromatic carbocycles. The van der Waals surface area contributed by atoms with Crippen molar-refractivity contribution in [3.8, 4) is 5.75 Å². The van der Waals surface area contributed by atoms with Gasteiger partial charge in [-0.15, -0.1) is 0 Å². The average Bonchev–Trinajstić information content (AvgIpc) is 2.50. The molecule has 0 saturated carbocycles. The fraction of sp³-hybridized carbons (Fsp3) is 0.294. The SMILES string of the molecule is CCCOc1ccc(C(NC)c2c(F)cccc2F)cc1. The molecule has 0 aliphatic carbocycles. The first-order valence-corrected chi connectivity index (χ1v) is 7.01. The van der Waals surface area contributed by atoms with Gasteiger partial charge in [-0.1, -0.05) is 25.1 Å². The summed E-state index contributed by atoms with van der Waals surface area (Å²) in [5.41, 5.74) is 0.813. The molecule has 4 heteroatoms. The number of nitrogens with one attached hydrogen (secondary N) is 1. The van der Waals surface area contributed by atoms with Crippen LogP contribution in [-0.2, 0) is 0 Å². The Morgan fingerprint density at radius 1 is 1.05 bits per heavy atom. The van der Waals surface area contributed by atoms with E-state index in [9.17, 15) is 8.78 Å². The van der Waals surface area contributed by atoms with E-state index >= 15 is 0 Å². The Morgan fingerprint density at radius 3 is 2.19 bits per heavy atom. The summed E-state index contributed by atoms with van der Waals surface area (Å²) in [6.45, 7) is 2.68. The molecule has 0 amide bonds. The first kappa shape index (κ1) is 15.4. The van der Waals surface area contributed by atoms with Crippen LogP contribution in [0.4, 0.5) is 8.78 Å². The fourth-order valence-electron chi connectivity index (χ4n) is 2.24. The quantitative estimate of drug-likeness (QED) is 0.866. The second-order valence-corrected chi connectivity index (χ2v) is 4.77. The Morgan fingerprint density at radius 2 is 1.67 bits per heavy atom. The first-order chi connectivity index (χ1) is 10.2. The van der Waals surface area contributed by atoms with E-state index in [0.29, 0.717) is 6.61 Å². The van der Waals surface area contributed by atoms with Crippen LogP contribution in [0.25, 0.3) is 0 Å². The van der Waals surface area contributed by atoms with Gasteiger partial charge in [-0.2, -0.15) is 0 Å². The van der Waals surface area contributed by atoms with E-state index in [0.717, 1.165) is 17.7 Å². The van der Waals surface area contributed by atoms with E-state index in [4.69, 9.17) is 4.74 Å². The third-order valence-electron chi connectivity index (χ3n) is 3.26. The molecule has 0 spiro atoms. The summed E-state index contributed by atoms with van der Waals surface area (Å²) < 4.78 is 33.3. The lowest BCUT2D eigenvalue weighted by Gasteiger charge is -2.19. The minimum atomic E-state index is -0.555. The summed E-state index contributed by atoms with van der Waals surface area (Å²) in [4.78, 5) is 0. The largest absolute Gasteiger partial charge is 0.494 e. The molecule has 112 valence electrons. The van der Waals surface area contributed by atoms with Crippen molar-refractivity contribution in [1.29, 1.82) is 0 Å². The van der Waals surface area contributed by atoms with Gasteiger partial charge in [0.2, 0.25) is 0 Å². The van der Waals surface area contributed by atoms with Gasteiger partial charge >= 0.3 is 0 Å². The molecule has 0 saturated heterocycles. The van der Waals surface area contributed by atoms with Gasteiger partial charge in [-0.05, 0) is 43.3 Å². The van der Waals surface area contributed by atoms with Crippen LogP contribution in [0.5, 0.6) is 5.75 Å². The topological polar surface area (TPSA) is 21.3 Å². The Labute approximate surface area is 123 Å². The molecule has 0 fully saturated rings. The monoisotopic (exact) mass is 291 g/mol. The van der Waals surface area contributed by atoms with Gasteiger partial charge in [0.05, 0.1) is 12.6 Å². The highest BCUT2D eigenvalue weighted by molar-refractivity contribution is 5.36. The van der Waals surface area contributed by atoms with E-state index in [1.54, 1.807) is 7.05 Å². The van der Waals surface area contributed by atoms with Crippen molar-refractivity contribution >= 4 is 0 Å². The van der Waals surface area contributed by atoms with Gasteiger partial charge in [-0.25, -0.2) is 8.78 Å². The summed E-state index contributed by atoms with van der Waals surface area (Å²) in [6.07, 6.45) is 0.932. The van der Waals surface area contributed by atoms with Gasteiger partial charge < -0.3 is 10.1 Å². The van der Waals surface area contributed by atoms with Crippen LogP contribution in [0.2, 0.25) is 0 Å². The molecule has 1 unspecified atom stereocenters. The highest BCUT2D eigenvalue weighted by Crippen LogP contribution is 2.27. The second kappa shape index (κ2) is 7.18. The molecule has 0 aliphatic rings. The molecule has 0 radical (unpaired) electrons. The number of ether oxygens (including phenoxy) is 1. The highest BCUT2D eigenvalue weighted by atomic mass is 19.1. The second-order valence-electron chi connectivity index (χ2n) is 4.77. The van der Waals surface area contributed by atoms with E-state index < -0.39 is 17.7 Å². The van der Waals surface area contributed by atoms with Crippen LogP contribution in [-0.4, -0.2) is 13.7 Å². The molecule has 21 heavy (non-hydrogen) atoms. The maximum Gasteiger partial charge on any atom is 0.131 e. The van der Waals surface area contributed by atoms with E-state index in [1.807, 2.05) is 31.2 Å². The maximum atomic E-state index is 13.9. The lowest BCUT2D eigenvalue weighted by molar-refractivity contribution is 0.317. The maximum absolute atomic E-state index is 13.9. The predicted molar refractivity (Wildman–Crippen MR) is 79.5 cm³/mol. The van der Waals surface area contributed by atoms with Crippen molar-refractivity contribution in [2.75, 3.05) is 13.7 Å². The highest BCUT2D eigenvalue weighted by Gasteiger charge is 2.20. The summed E-state index contributed by atoms with van der Waals surface area (Å²) in [6, 6.07) is 10.6. The van der Waals surface area contributed by atoms with Crippen LogP contribution >= 0.6 is 0 Å². The van der Waals surface area contributed by atoms with Crippen LogP contribution in [0.1, 0.15) is 30.5 Å². The van der Waals surface area contributed by atoms with Crippen molar-refractivity contribution in [3.63, 3.8) is 0 Å². The smallest absolute Gasteiger partial charge is 0.131 e. The van der Waals surface area contributed by atoms with Gasteiger partial charge in [-0.3, -0.25) is 0 Å². The molecule has 1 atom stereocenters. The van der Waals surface area contributed by atoms with Gasteiger partial charge in [0.25, 0.3) is 0 Å². The molecule has 0 aromatic heterocycles. The zero-order valence-corrected chi connectivity index (χ0v) is 12.2. The number of hydrogen-bond donors (Lipinski definition) is 1. The van der Waals surface area contributed by atoms with Crippen LogP contribution in [0.15, 0.2) is 42.5 Å². The minimum Gasteiger partial charge on any atom is -0.494 e. The summed E-state index contributed by atoms with van der Waals surface area (Å²) >= 11 is 0. The molecule has 2 nitrogen and oxygen atoms in total. The Balaban J connectivity index is 2.29. The predicted octanol–water partition coefficient (Wildman–Crippen LogP) is 4.06. The van der Waals surface area contributed by atoms with Crippen LogP contribution in [0.3, 0.4) is 0 Å². The molecule has 0 aliphatic heterocycles. The Bertz CT molecular complexity index is 564. The normalized spacial score (nSPS) is 12.2. The summed E-state index contributed by atoms with van der Waals surface area (Å²) in [7, 11) is 1.68. The van der Waals surface area contributed by atoms with E-state index in [-0.39, 0.29) is 5.56 Å². The standard InChI is InChI=1S/C17H19F2NO/c1-3-11-21-13-9-7-12(8-10-13)17(20-2)16-14(18)5-4-6-15(16)19/h4-10,17,20H,3,11H2,1-2H3. The van der Waals surface area contributed by atoms with Crippen molar-refractivity contribution in [2.24, 2.45) is 0 Å². The van der Waals surface area contributed by atoms with Crippen LogP contribution < -0.4 is 10.1 Å². The van der Waals surface area contributed by atoms with Crippen molar-refractivity contribution in [3.05, 3.63) is 65.2 Å². The van der Waals surface area contributed by atoms with E-state index in [1.165, 1.54) is 18.2 Å². The van der Waals surface area contributed by atoms with Crippen molar-refractivity contribution < 1.29 is 13.5 Å². The molecule has 2 aromatic rings. The van der Waals surface area contributed by atoms with Gasteiger partial charge in [0, 0.05) is 5.56 Å².